The summed E-state index contributed by atoms with van der Waals surface area (Å²) in [7, 11) is -2.06. The molecule has 0 fully saturated rings. The fourth-order valence-electron chi connectivity index (χ4n) is 2.29. The smallest absolute Gasteiger partial charge is 0.264 e. The van der Waals surface area contributed by atoms with Crippen molar-refractivity contribution in [2.45, 2.75) is 18.4 Å². The third-order valence-electron chi connectivity index (χ3n) is 3.39. The Morgan fingerprint density at radius 1 is 1.13 bits per heavy atom. The van der Waals surface area contributed by atoms with Gasteiger partial charge in [0.1, 0.15) is 5.75 Å². The molecule has 0 aromatic heterocycles. The van der Waals surface area contributed by atoms with Gasteiger partial charge in [0.05, 0.1) is 17.7 Å². The lowest BCUT2D eigenvalue weighted by Gasteiger charge is -2.25. The van der Waals surface area contributed by atoms with Gasteiger partial charge < -0.3 is 10.5 Å². The fraction of sp³-hybridized carbons (Fsp3) is 0.250. The predicted octanol–water partition coefficient (Wildman–Crippen LogP) is 2.79. The molecule has 2 rings (SSSR count). The highest BCUT2D eigenvalue weighted by molar-refractivity contribution is 7.92. The summed E-state index contributed by atoms with van der Waals surface area (Å²) in [4.78, 5) is 0.260. The Hall–Kier alpha value is -1.76. The average Bonchev–Trinajstić information content (AvgIpc) is 2.56. The molecule has 0 bridgehead atoms. The van der Waals surface area contributed by atoms with Gasteiger partial charge >= 0.3 is 0 Å². The Balaban J connectivity index is 0.00000264. The summed E-state index contributed by atoms with van der Waals surface area (Å²) in [6.45, 7) is 2.34. The van der Waals surface area contributed by atoms with Crippen LogP contribution in [0.2, 0.25) is 0 Å². The highest BCUT2D eigenvalue weighted by Crippen LogP contribution is 2.29. The summed E-state index contributed by atoms with van der Waals surface area (Å²) >= 11 is 0. The van der Waals surface area contributed by atoms with Gasteiger partial charge in [-0.15, -0.1) is 12.4 Å². The lowest BCUT2D eigenvalue weighted by atomic mass is 10.1. The van der Waals surface area contributed by atoms with E-state index in [-0.39, 0.29) is 23.8 Å². The van der Waals surface area contributed by atoms with Gasteiger partial charge in [-0.3, -0.25) is 4.31 Å². The van der Waals surface area contributed by atoms with Crippen molar-refractivity contribution in [2.24, 2.45) is 5.73 Å². The summed E-state index contributed by atoms with van der Waals surface area (Å²) < 4.78 is 32.2. The van der Waals surface area contributed by atoms with E-state index >= 15 is 0 Å². The van der Waals surface area contributed by atoms with Crippen molar-refractivity contribution in [3.63, 3.8) is 0 Å². The topological polar surface area (TPSA) is 72.6 Å². The summed E-state index contributed by atoms with van der Waals surface area (Å²) in [6.07, 6.45) is 0. The van der Waals surface area contributed by atoms with Crippen molar-refractivity contribution in [3.05, 3.63) is 54.1 Å². The van der Waals surface area contributed by atoms with Gasteiger partial charge in [0.25, 0.3) is 10.0 Å². The minimum atomic E-state index is -3.62. The number of anilines is 1. The van der Waals surface area contributed by atoms with E-state index in [1.54, 1.807) is 62.6 Å². The van der Waals surface area contributed by atoms with E-state index in [2.05, 4.69) is 0 Å². The molecule has 23 heavy (non-hydrogen) atoms. The monoisotopic (exact) mass is 356 g/mol. The van der Waals surface area contributed by atoms with Crippen LogP contribution in [0.5, 0.6) is 5.75 Å². The van der Waals surface area contributed by atoms with Gasteiger partial charge in [-0.1, -0.05) is 18.2 Å². The number of ether oxygens (including phenoxy) is 1. The predicted molar refractivity (Wildman–Crippen MR) is 94.8 cm³/mol. The number of nitrogens with zero attached hydrogens (tertiary/aromatic N) is 1. The van der Waals surface area contributed by atoms with Crippen molar-refractivity contribution in [3.8, 4) is 5.75 Å². The number of rotatable bonds is 6. The molecular weight excluding hydrogens is 336 g/mol. The molecule has 0 atom stereocenters. The van der Waals surface area contributed by atoms with Crippen molar-refractivity contribution in [1.82, 2.24) is 0 Å². The Morgan fingerprint density at radius 3 is 2.30 bits per heavy atom. The first kappa shape index (κ1) is 19.3. The van der Waals surface area contributed by atoms with E-state index in [9.17, 15) is 8.42 Å². The van der Waals surface area contributed by atoms with Crippen LogP contribution in [0.15, 0.2) is 53.4 Å². The zero-order valence-electron chi connectivity index (χ0n) is 13.1. The van der Waals surface area contributed by atoms with Gasteiger partial charge in [-0.2, -0.15) is 0 Å². The second kappa shape index (κ2) is 8.19. The van der Waals surface area contributed by atoms with E-state index in [0.29, 0.717) is 18.0 Å². The second-order valence-corrected chi connectivity index (χ2v) is 6.54. The quantitative estimate of drug-likeness (QED) is 0.863. The van der Waals surface area contributed by atoms with E-state index in [0.717, 1.165) is 5.56 Å². The van der Waals surface area contributed by atoms with Crippen LogP contribution in [0, 0.1) is 0 Å². The summed E-state index contributed by atoms with van der Waals surface area (Å²) in [6, 6.07) is 13.6. The zero-order valence-corrected chi connectivity index (χ0v) is 14.7. The van der Waals surface area contributed by atoms with Gasteiger partial charge in [0, 0.05) is 13.1 Å². The number of benzene rings is 2. The number of methoxy groups -OCH3 is 1. The maximum Gasteiger partial charge on any atom is 0.264 e. The van der Waals surface area contributed by atoms with Crippen molar-refractivity contribution < 1.29 is 13.2 Å². The molecule has 0 aliphatic rings. The molecule has 0 saturated carbocycles. The van der Waals surface area contributed by atoms with E-state index in [1.165, 1.54) is 4.31 Å². The largest absolute Gasteiger partial charge is 0.497 e. The highest BCUT2D eigenvalue weighted by Gasteiger charge is 2.25. The molecule has 0 unspecified atom stereocenters. The third-order valence-corrected chi connectivity index (χ3v) is 5.30. The lowest BCUT2D eigenvalue weighted by molar-refractivity contribution is 0.414. The zero-order chi connectivity index (χ0) is 16.2. The molecule has 2 N–H and O–H groups in total. The number of nitrogens with two attached hydrogens (primary N) is 1. The van der Waals surface area contributed by atoms with Gasteiger partial charge in [0.15, 0.2) is 0 Å². The number of hydrogen-bond acceptors (Lipinski definition) is 4. The average molecular weight is 357 g/mol. The molecule has 0 radical (unpaired) electrons. The van der Waals surface area contributed by atoms with E-state index in [4.69, 9.17) is 10.5 Å². The van der Waals surface area contributed by atoms with Crippen LogP contribution in [0.3, 0.4) is 0 Å². The first-order chi connectivity index (χ1) is 10.5. The summed E-state index contributed by atoms with van der Waals surface area (Å²) in [5, 5.41) is 0. The van der Waals surface area contributed by atoms with E-state index < -0.39 is 10.0 Å². The standard InChI is InChI=1S/C16H20N2O3S.ClH/c1-3-18(22(19,20)15-7-5-4-6-8-15)16-10-9-14(21-2)11-13(16)12-17;/h4-11H,3,12,17H2,1-2H3;1H. The van der Waals surface area contributed by atoms with Gasteiger partial charge in [-0.05, 0) is 42.8 Å². The minimum Gasteiger partial charge on any atom is -0.497 e. The van der Waals surface area contributed by atoms with Crippen LogP contribution in [-0.4, -0.2) is 22.1 Å². The molecule has 0 aliphatic heterocycles. The van der Waals surface area contributed by atoms with Crippen LogP contribution < -0.4 is 14.8 Å². The molecule has 2 aromatic carbocycles. The van der Waals surface area contributed by atoms with Crippen molar-refractivity contribution in [1.29, 1.82) is 0 Å². The Kier molecular flexibility index (Phi) is 6.87. The number of hydrogen-bond donors (Lipinski definition) is 1. The van der Waals surface area contributed by atoms with Crippen molar-refractivity contribution in [2.75, 3.05) is 18.0 Å². The maximum atomic E-state index is 12.8. The molecule has 126 valence electrons. The summed E-state index contributed by atoms with van der Waals surface area (Å²) in [5.74, 6) is 0.650. The SMILES string of the molecule is CCN(c1ccc(OC)cc1CN)S(=O)(=O)c1ccccc1.Cl. The molecule has 0 saturated heterocycles. The molecule has 0 spiro atoms. The van der Waals surface area contributed by atoms with Gasteiger partial charge in [-0.25, -0.2) is 8.42 Å². The number of halogens is 1. The van der Waals surface area contributed by atoms with Crippen LogP contribution in [0.1, 0.15) is 12.5 Å². The van der Waals surface area contributed by atoms with Crippen LogP contribution >= 0.6 is 12.4 Å². The fourth-order valence-corrected chi connectivity index (χ4v) is 3.82. The first-order valence-electron chi connectivity index (χ1n) is 6.99. The normalized spacial score (nSPS) is 10.7. The molecule has 2 aromatic rings. The lowest BCUT2D eigenvalue weighted by Crippen LogP contribution is -2.31. The maximum absolute atomic E-state index is 12.8. The van der Waals surface area contributed by atoms with Gasteiger partial charge in [0.2, 0.25) is 0 Å². The van der Waals surface area contributed by atoms with Crippen LogP contribution in [0.4, 0.5) is 5.69 Å². The minimum absolute atomic E-state index is 0. The second-order valence-electron chi connectivity index (χ2n) is 4.68. The Bertz CT molecular complexity index is 736. The van der Waals surface area contributed by atoms with Crippen LogP contribution in [-0.2, 0) is 16.6 Å². The van der Waals surface area contributed by atoms with Crippen LogP contribution in [0.25, 0.3) is 0 Å². The summed E-state index contributed by atoms with van der Waals surface area (Å²) in [5.41, 5.74) is 7.07. The highest BCUT2D eigenvalue weighted by atomic mass is 35.5. The van der Waals surface area contributed by atoms with E-state index in [1.807, 2.05) is 0 Å². The molecule has 0 aliphatic carbocycles. The number of sulfonamides is 1. The Labute approximate surface area is 143 Å². The molecular formula is C16H21ClN2O3S. The first-order valence-corrected chi connectivity index (χ1v) is 8.43. The van der Waals surface area contributed by atoms with Crippen molar-refractivity contribution >= 4 is 28.1 Å². The Morgan fingerprint density at radius 2 is 1.78 bits per heavy atom. The molecule has 0 amide bonds. The third kappa shape index (κ3) is 3.96. The molecule has 7 heteroatoms. The molecule has 5 nitrogen and oxygen atoms in total. The molecule has 0 heterocycles.